The third-order valence-corrected chi connectivity index (χ3v) is 3.55. The fourth-order valence-corrected chi connectivity index (χ4v) is 2.18. The third-order valence-electron chi connectivity index (χ3n) is 2.88. The van der Waals surface area contributed by atoms with Gasteiger partial charge in [0.15, 0.2) is 5.60 Å². The summed E-state index contributed by atoms with van der Waals surface area (Å²) in [6, 6.07) is 2.34. The number of ether oxygens (including phenoxy) is 2. The average molecular weight is 393 g/mol. The summed E-state index contributed by atoms with van der Waals surface area (Å²) in [7, 11) is -4.58. The van der Waals surface area contributed by atoms with Crippen LogP contribution in [0.5, 0.6) is 5.75 Å². The topological polar surface area (TPSA) is 92.7 Å². The monoisotopic (exact) mass is 393 g/mol. The number of alkyl halides is 3. The summed E-state index contributed by atoms with van der Waals surface area (Å²) < 4.78 is 80.7. The Morgan fingerprint density at radius 2 is 1.88 bits per heavy atom. The lowest BCUT2D eigenvalue weighted by molar-refractivity contribution is -0.139. The Kier molecular flexibility index (Phi) is 6.68. The highest BCUT2D eigenvalue weighted by Crippen LogP contribution is 2.38. The van der Waals surface area contributed by atoms with Crippen LogP contribution < -0.4 is 4.74 Å². The highest BCUT2D eigenvalue weighted by atomic mass is 32.2. The molecule has 0 amide bonds. The summed E-state index contributed by atoms with van der Waals surface area (Å²) in [5.41, 5.74) is -2.66. The van der Waals surface area contributed by atoms with E-state index in [2.05, 4.69) is 16.6 Å². The molecule has 0 aliphatic carbocycles. The first kappa shape index (κ1) is 21.8. The van der Waals surface area contributed by atoms with Gasteiger partial charge in [0.2, 0.25) is 0 Å². The molecular formula is C16H16F3O6S-. The molecule has 0 heterocycles. The summed E-state index contributed by atoms with van der Waals surface area (Å²) in [6.07, 6.45) is -4.73. The van der Waals surface area contributed by atoms with Gasteiger partial charge in [-0.1, -0.05) is 5.92 Å². The lowest BCUT2D eigenvalue weighted by atomic mass is 10.1. The Labute approximate surface area is 149 Å². The van der Waals surface area contributed by atoms with Crippen LogP contribution in [0.15, 0.2) is 18.2 Å². The molecule has 10 heteroatoms. The van der Waals surface area contributed by atoms with E-state index in [1.165, 1.54) is 20.8 Å². The van der Waals surface area contributed by atoms with Crippen LogP contribution in [0.2, 0.25) is 0 Å². The molecule has 0 radical (unpaired) electrons. The van der Waals surface area contributed by atoms with E-state index in [4.69, 9.17) is 4.74 Å². The second-order valence-corrected chi connectivity index (χ2v) is 7.12. The van der Waals surface area contributed by atoms with E-state index < -0.39 is 51.5 Å². The van der Waals surface area contributed by atoms with Crippen LogP contribution in [-0.4, -0.2) is 36.9 Å². The molecule has 0 fully saturated rings. The predicted octanol–water partition coefficient (Wildman–Crippen LogP) is 2.59. The van der Waals surface area contributed by atoms with Gasteiger partial charge in [0.1, 0.15) is 12.4 Å². The maximum Gasteiger partial charge on any atom is 0.419 e. The highest BCUT2D eigenvalue weighted by Gasteiger charge is 2.36. The van der Waals surface area contributed by atoms with Gasteiger partial charge in [-0.05, 0) is 39.0 Å². The van der Waals surface area contributed by atoms with Gasteiger partial charge >= 0.3 is 12.1 Å². The zero-order valence-corrected chi connectivity index (χ0v) is 15.0. The van der Waals surface area contributed by atoms with Crippen molar-refractivity contribution in [3.8, 4) is 17.6 Å². The molecule has 6 nitrogen and oxygen atoms in total. The van der Waals surface area contributed by atoms with E-state index >= 15 is 0 Å². The van der Waals surface area contributed by atoms with E-state index in [0.29, 0.717) is 6.07 Å². The minimum atomic E-state index is -4.73. The number of halogens is 3. The minimum Gasteiger partial charge on any atom is -0.748 e. The fraction of sp³-hybridized carbons (Fsp3) is 0.438. The maximum atomic E-state index is 13.1. The van der Waals surface area contributed by atoms with E-state index in [1.54, 1.807) is 0 Å². The lowest BCUT2D eigenvalue weighted by Crippen LogP contribution is -2.27. The zero-order valence-electron chi connectivity index (χ0n) is 14.1. The molecule has 1 rings (SSSR count). The number of carbonyl (C=O) groups is 1. The van der Waals surface area contributed by atoms with Crippen LogP contribution in [0.3, 0.4) is 0 Å². The molecule has 0 aliphatic heterocycles. The Morgan fingerprint density at radius 3 is 2.38 bits per heavy atom. The van der Waals surface area contributed by atoms with Gasteiger partial charge in [-0.25, -0.2) is 13.2 Å². The second-order valence-electron chi connectivity index (χ2n) is 5.59. The first-order chi connectivity index (χ1) is 11.7. The number of benzene rings is 1. The first-order valence-corrected chi connectivity index (χ1v) is 8.78. The highest BCUT2D eigenvalue weighted by molar-refractivity contribution is 7.85. The van der Waals surface area contributed by atoms with Crippen LogP contribution in [0.25, 0.3) is 0 Å². The zero-order chi connectivity index (χ0) is 20.2. The Morgan fingerprint density at radius 1 is 1.27 bits per heavy atom. The Balaban J connectivity index is 3.15. The number of hydrogen-bond acceptors (Lipinski definition) is 6. The van der Waals surface area contributed by atoms with Crippen molar-refractivity contribution in [1.82, 2.24) is 0 Å². The molecule has 0 aromatic heterocycles. The summed E-state index contributed by atoms with van der Waals surface area (Å²) in [6.45, 7) is 3.68. The SMILES string of the molecule is CC#CC(C)(C)Oc1cc(C(=O)OCCS(=O)(=O)[O-])ccc1C(F)(F)F. The molecule has 0 unspecified atom stereocenters. The summed E-state index contributed by atoms with van der Waals surface area (Å²) in [4.78, 5) is 11.9. The van der Waals surface area contributed by atoms with Crippen molar-refractivity contribution in [3.05, 3.63) is 29.3 Å². The smallest absolute Gasteiger partial charge is 0.419 e. The molecule has 0 atom stereocenters. The largest absolute Gasteiger partial charge is 0.748 e. The van der Waals surface area contributed by atoms with Gasteiger partial charge in [0, 0.05) is 0 Å². The van der Waals surface area contributed by atoms with Gasteiger partial charge in [0.05, 0.1) is 27.0 Å². The molecule has 0 saturated carbocycles. The summed E-state index contributed by atoms with van der Waals surface area (Å²) in [5, 5.41) is 0. The molecular weight excluding hydrogens is 377 g/mol. The molecule has 26 heavy (non-hydrogen) atoms. The van der Waals surface area contributed by atoms with Crippen molar-refractivity contribution in [2.75, 3.05) is 12.4 Å². The van der Waals surface area contributed by atoms with E-state index in [1.807, 2.05) is 0 Å². The normalized spacial score (nSPS) is 12.1. The number of carbonyl (C=O) groups excluding carboxylic acids is 1. The second kappa shape index (κ2) is 7.97. The van der Waals surface area contributed by atoms with Crippen LogP contribution in [0, 0.1) is 11.8 Å². The molecule has 1 aromatic carbocycles. The standard InChI is InChI=1S/C16H17F3O6S/c1-4-7-15(2,3)25-13-10-11(5-6-12(13)16(17,18)19)14(20)24-8-9-26(21,22)23/h5-6,10H,8-9H2,1-3H3,(H,21,22,23)/p-1. The van der Waals surface area contributed by atoms with E-state index in [-0.39, 0.29) is 5.56 Å². The number of rotatable bonds is 6. The molecule has 0 spiro atoms. The number of esters is 1. The summed E-state index contributed by atoms with van der Waals surface area (Å²) in [5.74, 6) is 2.46. The molecule has 0 N–H and O–H groups in total. The average Bonchev–Trinajstić information content (AvgIpc) is 2.43. The van der Waals surface area contributed by atoms with Crippen LogP contribution >= 0.6 is 0 Å². The van der Waals surface area contributed by atoms with Gasteiger partial charge in [0.25, 0.3) is 0 Å². The van der Waals surface area contributed by atoms with Crippen molar-refractivity contribution in [2.24, 2.45) is 0 Å². The van der Waals surface area contributed by atoms with Crippen molar-refractivity contribution < 1.29 is 40.4 Å². The van der Waals surface area contributed by atoms with Gasteiger partial charge in [-0.15, -0.1) is 5.92 Å². The molecule has 0 bridgehead atoms. The summed E-state index contributed by atoms with van der Waals surface area (Å²) >= 11 is 0. The van der Waals surface area contributed by atoms with Crippen LogP contribution in [0.1, 0.15) is 36.7 Å². The fourth-order valence-electron chi connectivity index (χ4n) is 1.89. The van der Waals surface area contributed by atoms with E-state index in [9.17, 15) is 30.9 Å². The van der Waals surface area contributed by atoms with Gasteiger partial charge in [-0.3, -0.25) is 0 Å². The number of hydrogen-bond donors (Lipinski definition) is 0. The third kappa shape index (κ3) is 6.93. The quantitative estimate of drug-likeness (QED) is 0.419. The lowest BCUT2D eigenvalue weighted by Gasteiger charge is -2.23. The Hall–Kier alpha value is -2.25. The van der Waals surface area contributed by atoms with Crippen molar-refractivity contribution >= 4 is 16.1 Å². The molecule has 0 saturated heterocycles. The molecule has 144 valence electrons. The van der Waals surface area contributed by atoms with Crippen molar-refractivity contribution in [1.29, 1.82) is 0 Å². The van der Waals surface area contributed by atoms with Gasteiger partial charge < -0.3 is 14.0 Å². The molecule has 1 aromatic rings. The first-order valence-electron chi connectivity index (χ1n) is 7.20. The minimum absolute atomic E-state index is 0.295. The van der Waals surface area contributed by atoms with Crippen LogP contribution in [0.4, 0.5) is 13.2 Å². The van der Waals surface area contributed by atoms with E-state index in [0.717, 1.165) is 12.1 Å². The van der Waals surface area contributed by atoms with Crippen molar-refractivity contribution in [2.45, 2.75) is 32.5 Å². The maximum absolute atomic E-state index is 13.1. The van der Waals surface area contributed by atoms with Crippen LogP contribution in [-0.2, 0) is 21.0 Å². The van der Waals surface area contributed by atoms with Gasteiger partial charge in [-0.2, -0.15) is 13.2 Å². The van der Waals surface area contributed by atoms with Crippen molar-refractivity contribution in [3.63, 3.8) is 0 Å². The molecule has 0 aliphatic rings. The Bertz CT molecular complexity index is 832. The predicted molar refractivity (Wildman–Crippen MR) is 84.4 cm³/mol.